The summed E-state index contributed by atoms with van der Waals surface area (Å²) in [5.41, 5.74) is 0.0784. The highest BCUT2D eigenvalue weighted by Crippen LogP contribution is 2.33. The first-order valence-electron chi connectivity index (χ1n) is 6.47. The second kappa shape index (κ2) is 6.78. The van der Waals surface area contributed by atoms with Gasteiger partial charge in [-0.15, -0.1) is 11.3 Å². The van der Waals surface area contributed by atoms with Crippen LogP contribution in [0.3, 0.4) is 0 Å². The Morgan fingerprint density at radius 2 is 2.00 bits per heavy atom. The number of nitrogens with one attached hydrogen (secondary N) is 1. The summed E-state index contributed by atoms with van der Waals surface area (Å²) in [4.78, 5) is 2.05. The highest BCUT2D eigenvalue weighted by Gasteiger charge is 2.24. The molecule has 1 aromatic heterocycles. The third kappa shape index (κ3) is 3.27. The maximum atomic E-state index is 14.3. The summed E-state index contributed by atoms with van der Waals surface area (Å²) in [5.74, 6) is -1.06. The molecule has 1 nitrogen and oxygen atoms in total. The summed E-state index contributed by atoms with van der Waals surface area (Å²) in [5, 5.41) is 3.23. The molecular formula is C15H16BrF2NS. The number of hydrogen-bond donors (Lipinski definition) is 1. The average molecular weight is 360 g/mol. The Labute approximate surface area is 130 Å². The van der Waals surface area contributed by atoms with Gasteiger partial charge < -0.3 is 5.32 Å². The predicted octanol–water partition coefficient (Wildman–Crippen LogP) is 5.19. The van der Waals surface area contributed by atoms with E-state index in [-0.39, 0.29) is 10.0 Å². The van der Waals surface area contributed by atoms with Crippen molar-refractivity contribution in [1.29, 1.82) is 0 Å². The van der Waals surface area contributed by atoms with Crippen LogP contribution in [0, 0.1) is 18.6 Å². The Hall–Kier alpha value is -0.780. The molecule has 0 fully saturated rings. The number of benzene rings is 1. The minimum absolute atomic E-state index is 0.0784. The minimum Gasteiger partial charge on any atom is -0.305 e. The van der Waals surface area contributed by atoms with E-state index in [9.17, 15) is 8.78 Å². The molecule has 0 bridgehead atoms. The van der Waals surface area contributed by atoms with Gasteiger partial charge in [0, 0.05) is 15.3 Å². The lowest BCUT2D eigenvalue weighted by atomic mass is 10.0. The van der Waals surface area contributed by atoms with Crippen LogP contribution >= 0.6 is 27.3 Å². The Kier molecular flexibility index (Phi) is 5.29. The van der Waals surface area contributed by atoms with Gasteiger partial charge in [-0.05, 0) is 60.1 Å². The first-order valence-corrected chi connectivity index (χ1v) is 8.08. The van der Waals surface area contributed by atoms with Gasteiger partial charge in [-0.25, -0.2) is 8.78 Å². The third-order valence-electron chi connectivity index (χ3n) is 3.01. The molecule has 20 heavy (non-hydrogen) atoms. The van der Waals surface area contributed by atoms with Crippen molar-refractivity contribution in [3.05, 3.63) is 55.7 Å². The molecule has 0 saturated heterocycles. The molecule has 0 radical (unpaired) electrons. The van der Waals surface area contributed by atoms with Crippen molar-refractivity contribution >= 4 is 27.3 Å². The fraction of sp³-hybridized carbons (Fsp3) is 0.333. The van der Waals surface area contributed by atoms with E-state index >= 15 is 0 Å². The fourth-order valence-electron chi connectivity index (χ4n) is 2.05. The van der Waals surface area contributed by atoms with Crippen LogP contribution in [0.5, 0.6) is 0 Å². The van der Waals surface area contributed by atoms with Gasteiger partial charge in [-0.2, -0.15) is 0 Å². The van der Waals surface area contributed by atoms with E-state index in [2.05, 4.69) is 21.2 Å². The van der Waals surface area contributed by atoms with E-state index in [1.165, 1.54) is 12.1 Å². The molecule has 5 heteroatoms. The normalized spacial score (nSPS) is 12.7. The molecule has 0 amide bonds. The van der Waals surface area contributed by atoms with Gasteiger partial charge in [0.25, 0.3) is 0 Å². The predicted molar refractivity (Wildman–Crippen MR) is 83.3 cm³/mol. The number of rotatable bonds is 5. The van der Waals surface area contributed by atoms with E-state index in [1.54, 1.807) is 11.3 Å². The zero-order valence-electron chi connectivity index (χ0n) is 11.3. The lowest BCUT2D eigenvalue weighted by Gasteiger charge is -2.19. The lowest BCUT2D eigenvalue weighted by molar-refractivity contribution is 0.503. The summed E-state index contributed by atoms with van der Waals surface area (Å²) in [6.07, 6.45) is 0.901. The van der Waals surface area contributed by atoms with Crippen molar-refractivity contribution in [2.45, 2.75) is 26.3 Å². The van der Waals surface area contributed by atoms with Gasteiger partial charge in [0.2, 0.25) is 0 Å². The van der Waals surface area contributed by atoms with Gasteiger partial charge in [-0.1, -0.05) is 6.92 Å². The molecule has 0 spiro atoms. The largest absolute Gasteiger partial charge is 0.305 e. The first-order chi connectivity index (χ1) is 9.54. The first kappa shape index (κ1) is 15.6. The van der Waals surface area contributed by atoms with E-state index in [1.807, 2.05) is 26.0 Å². The summed E-state index contributed by atoms with van der Waals surface area (Å²) in [6, 6.07) is 6.13. The van der Waals surface area contributed by atoms with Crippen molar-refractivity contribution in [2.75, 3.05) is 6.54 Å². The van der Waals surface area contributed by atoms with Gasteiger partial charge in [0.1, 0.15) is 11.6 Å². The van der Waals surface area contributed by atoms with E-state index in [0.717, 1.165) is 16.2 Å². The SMILES string of the molecule is CCCNC(c1ccc(C)s1)c1c(F)ccc(Br)c1F. The summed E-state index contributed by atoms with van der Waals surface area (Å²) < 4.78 is 28.7. The molecule has 1 unspecified atom stereocenters. The molecular weight excluding hydrogens is 344 g/mol. The minimum atomic E-state index is -0.537. The number of thiophene rings is 1. The molecule has 0 aliphatic heterocycles. The zero-order valence-corrected chi connectivity index (χ0v) is 13.7. The standard InChI is InChI=1S/C15H16BrF2NS/c1-3-8-19-15(12-7-4-9(2)20-12)13-11(17)6-5-10(16)14(13)18/h4-7,15,19H,3,8H2,1-2H3. The summed E-state index contributed by atoms with van der Waals surface area (Å²) in [7, 11) is 0. The third-order valence-corrected chi connectivity index (χ3v) is 4.69. The molecule has 1 heterocycles. The maximum Gasteiger partial charge on any atom is 0.145 e. The molecule has 0 aliphatic carbocycles. The van der Waals surface area contributed by atoms with Crippen molar-refractivity contribution < 1.29 is 8.78 Å². The van der Waals surface area contributed by atoms with Crippen molar-refractivity contribution in [2.24, 2.45) is 0 Å². The topological polar surface area (TPSA) is 12.0 Å². The van der Waals surface area contributed by atoms with Crippen LogP contribution in [0.1, 0.15) is 34.7 Å². The second-order valence-electron chi connectivity index (χ2n) is 4.59. The summed E-state index contributed by atoms with van der Waals surface area (Å²) >= 11 is 4.68. The van der Waals surface area contributed by atoms with Crippen molar-refractivity contribution in [3.63, 3.8) is 0 Å². The Morgan fingerprint density at radius 3 is 2.60 bits per heavy atom. The van der Waals surface area contributed by atoms with Gasteiger partial charge in [-0.3, -0.25) is 0 Å². The smallest absolute Gasteiger partial charge is 0.145 e. The van der Waals surface area contributed by atoms with Crippen LogP contribution in [0.15, 0.2) is 28.7 Å². The second-order valence-corrected chi connectivity index (χ2v) is 6.77. The maximum absolute atomic E-state index is 14.3. The van der Waals surface area contributed by atoms with Gasteiger partial charge in [0.05, 0.1) is 10.5 Å². The summed E-state index contributed by atoms with van der Waals surface area (Å²) in [6.45, 7) is 4.71. The Balaban J connectivity index is 2.49. The molecule has 0 saturated carbocycles. The van der Waals surface area contributed by atoms with Crippen LogP contribution in [0.25, 0.3) is 0 Å². The molecule has 1 atom stereocenters. The molecule has 2 aromatic rings. The fourth-order valence-corrected chi connectivity index (χ4v) is 3.36. The number of halogens is 3. The Morgan fingerprint density at radius 1 is 1.25 bits per heavy atom. The van der Waals surface area contributed by atoms with Crippen LogP contribution in [-0.4, -0.2) is 6.54 Å². The highest BCUT2D eigenvalue weighted by atomic mass is 79.9. The van der Waals surface area contributed by atoms with E-state index < -0.39 is 17.7 Å². The van der Waals surface area contributed by atoms with Crippen LogP contribution in [0.4, 0.5) is 8.78 Å². The van der Waals surface area contributed by atoms with Gasteiger partial charge >= 0.3 is 0 Å². The molecule has 1 N–H and O–H groups in total. The molecule has 0 aliphatic rings. The lowest BCUT2D eigenvalue weighted by Crippen LogP contribution is -2.24. The quantitative estimate of drug-likeness (QED) is 0.724. The van der Waals surface area contributed by atoms with Crippen LogP contribution in [-0.2, 0) is 0 Å². The number of hydrogen-bond acceptors (Lipinski definition) is 2. The highest BCUT2D eigenvalue weighted by molar-refractivity contribution is 9.10. The molecule has 1 aromatic carbocycles. The van der Waals surface area contributed by atoms with Crippen LogP contribution < -0.4 is 5.32 Å². The van der Waals surface area contributed by atoms with Crippen molar-refractivity contribution in [1.82, 2.24) is 5.32 Å². The van der Waals surface area contributed by atoms with Crippen LogP contribution in [0.2, 0.25) is 0 Å². The van der Waals surface area contributed by atoms with E-state index in [0.29, 0.717) is 6.54 Å². The monoisotopic (exact) mass is 359 g/mol. The average Bonchev–Trinajstić information content (AvgIpc) is 2.84. The number of aryl methyl sites for hydroxylation is 1. The van der Waals surface area contributed by atoms with E-state index in [4.69, 9.17) is 0 Å². The zero-order chi connectivity index (χ0) is 14.7. The Bertz CT molecular complexity index is 598. The molecule has 2 rings (SSSR count). The molecule has 108 valence electrons. The van der Waals surface area contributed by atoms with Gasteiger partial charge in [0.15, 0.2) is 0 Å². The van der Waals surface area contributed by atoms with Crippen molar-refractivity contribution in [3.8, 4) is 0 Å².